The maximum atomic E-state index is 11.0. The van der Waals surface area contributed by atoms with Crippen LogP contribution in [0.2, 0.25) is 0 Å². The van der Waals surface area contributed by atoms with Crippen LogP contribution in [-0.4, -0.2) is 41.7 Å². The van der Waals surface area contributed by atoms with Crippen molar-refractivity contribution < 1.29 is 24.4 Å². The topological polar surface area (TPSA) is 68.2 Å². The summed E-state index contributed by atoms with van der Waals surface area (Å²) in [5.41, 5.74) is 3.04. The van der Waals surface area contributed by atoms with Crippen LogP contribution in [0.15, 0.2) is 103 Å². The monoisotopic (exact) mass is 448 g/mol. The molecule has 0 aliphatic carbocycles. The lowest BCUT2D eigenvalue weighted by atomic mass is 10.1. The van der Waals surface area contributed by atoms with E-state index in [-0.39, 0.29) is 13.2 Å². The van der Waals surface area contributed by atoms with Gasteiger partial charge in [0.2, 0.25) is 0 Å². The number of hydrogen-bond acceptors (Lipinski definition) is 5. The van der Waals surface area contributed by atoms with E-state index >= 15 is 0 Å². The number of hydrogen-bond donors (Lipinski definition) is 2. The Morgan fingerprint density at radius 1 is 0.667 bits per heavy atom. The van der Waals surface area contributed by atoms with E-state index in [4.69, 9.17) is 14.2 Å². The quantitative estimate of drug-likeness (QED) is 0.360. The lowest BCUT2D eigenvalue weighted by Crippen LogP contribution is -2.42. The van der Waals surface area contributed by atoms with Crippen LogP contribution >= 0.6 is 0 Å². The van der Waals surface area contributed by atoms with E-state index in [9.17, 15) is 10.2 Å². The minimum absolute atomic E-state index is 0.0898. The fourth-order valence-electron chi connectivity index (χ4n) is 3.38. The summed E-state index contributed by atoms with van der Waals surface area (Å²) >= 11 is 0. The van der Waals surface area contributed by atoms with Gasteiger partial charge < -0.3 is 24.4 Å². The summed E-state index contributed by atoms with van der Waals surface area (Å²) in [7, 11) is 0. The summed E-state index contributed by atoms with van der Waals surface area (Å²) in [6.07, 6.45) is 1.15. The summed E-state index contributed by atoms with van der Waals surface area (Å²) in [6.45, 7) is 1.03. The highest BCUT2D eigenvalue weighted by Gasteiger charge is 2.29. The van der Waals surface area contributed by atoms with Crippen LogP contribution in [0.3, 0.4) is 0 Å². The normalized spacial score (nSPS) is 14.2. The molecule has 0 heterocycles. The summed E-state index contributed by atoms with van der Waals surface area (Å²) < 4.78 is 18.1. The number of ether oxygens (including phenoxy) is 3. The molecule has 0 radical (unpaired) electrons. The Balaban J connectivity index is 1.68. The predicted molar refractivity (Wildman–Crippen MR) is 128 cm³/mol. The molecule has 5 heteroatoms. The van der Waals surface area contributed by atoms with Gasteiger partial charge in [0.1, 0.15) is 18.3 Å². The lowest BCUT2D eigenvalue weighted by molar-refractivity contribution is -0.134. The van der Waals surface area contributed by atoms with Crippen molar-refractivity contribution in [1.29, 1.82) is 0 Å². The number of benzene rings is 3. The molecule has 3 atom stereocenters. The van der Waals surface area contributed by atoms with Gasteiger partial charge in [0.25, 0.3) is 0 Å². The van der Waals surface area contributed by atoms with Gasteiger partial charge in [-0.05, 0) is 16.7 Å². The van der Waals surface area contributed by atoms with Crippen LogP contribution in [0.5, 0.6) is 0 Å². The van der Waals surface area contributed by atoms with Crippen molar-refractivity contribution in [2.24, 2.45) is 0 Å². The van der Waals surface area contributed by atoms with Crippen molar-refractivity contribution in [2.75, 3.05) is 13.2 Å². The van der Waals surface area contributed by atoms with Gasteiger partial charge in [0, 0.05) is 0 Å². The minimum Gasteiger partial charge on any atom is -0.392 e. The number of rotatable bonds is 14. The Morgan fingerprint density at radius 2 is 1.15 bits per heavy atom. The highest BCUT2D eigenvalue weighted by molar-refractivity contribution is 5.15. The highest BCUT2D eigenvalue weighted by atomic mass is 16.6. The van der Waals surface area contributed by atoms with Crippen LogP contribution in [0.4, 0.5) is 0 Å². The van der Waals surface area contributed by atoms with Crippen molar-refractivity contribution in [3.8, 4) is 0 Å². The van der Waals surface area contributed by atoms with E-state index in [1.54, 1.807) is 12.2 Å². The van der Waals surface area contributed by atoms with Gasteiger partial charge in [-0.3, -0.25) is 0 Å². The molecule has 3 aromatic carbocycles. The van der Waals surface area contributed by atoms with Gasteiger partial charge in [-0.1, -0.05) is 103 Å². The Kier molecular flexibility index (Phi) is 10.8. The van der Waals surface area contributed by atoms with Crippen molar-refractivity contribution in [2.45, 2.75) is 38.1 Å². The van der Waals surface area contributed by atoms with Gasteiger partial charge >= 0.3 is 0 Å². The second-order valence-electron chi connectivity index (χ2n) is 7.70. The first kappa shape index (κ1) is 24.8. The van der Waals surface area contributed by atoms with Crippen LogP contribution in [0.1, 0.15) is 16.7 Å². The third-order valence-electron chi connectivity index (χ3n) is 5.10. The molecule has 33 heavy (non-hydrogen) atoms. The summed E-state index contributed by atoms with van der Waals surface area (Å²) in [5.74, 6) is 0. The molecule has 3 rings (SSSR count). The zero-order valence-corrected chi connectivity index (χ0v) is 18.7. The van der Waals surface area contributed by atoms with E-state index in [2.05, 4.69) is 0 Å². The second kappa shape index (κ2) is 14.4. The largest absolute Gasteiger partial charge is 0.392 e. The van der Waals surface area contributed by atoms with Crippen molar-refractivity contribution >= 4 is 0 Å². The Hall–Kier alpha value is -2.80. The maximum absolute atomic E-state index is 11.0. The van der Waals surface area contributed by atoms with Crippen molar-refractivity contribution in [3.05, 3.63) is 120 Å². The van der Waals surface area contributed by atoms with Crippen molar-refractivity contribution in [3.63, 3.8) is 0 Å². The van der Waals surface area contributed by atoms with E-state index in [0.717, 1.165) is 16.7 Å². The molecule has 5 nitrogen and oxygen atoms in total. The second-order valence-corrected chi connectivity index (χ2v) is 7.70. The van der Waals surface area contributed by atoms with E-state index < -0.39 is 18.3 Å². The lowest BCUT2D eigenvalue weighted by Gasteiger charge is -2.29. The minimum atomic E-state index is -0.929. The van der Waals surface area contributed by atoms with Crippen LogP contribution in [0, 0.1) is 0 Å². The first-order valence-corrected chi connectivity index (χ1v) is 11.1. The molecule has 2 N–H and O–H groups in total. The van der Waals surface area contributed by atoms with Crippen LogP contribution < -0.4 is 0 Å². The molecular formula is C28H32O5. The first-order chi connectivity index (χ1) is 16.3. The van der Waals surface area contributed by atoms with E-state index in [1.165, 1.54) is 0 Å². The van der Waals surface area contributed by atoms with E-state index in [0.29, 0.717) is 19.8 Å². The zero-order valence-electron chi connectivity index (χ0n) is 18.7. The van der Waals surface area contributed by atoms with Gasteiger partial charge in [0.15, 0.2) is 0 Å². The summed E-state index contributed by atoms with van der Waals surface area (Å²) in [6, 6.07) is 29.4. The summed E-state index contributed by atoms with van der Waals surface area (Å²) in [4.78, 5) is 0. The molecule has 0 aliphatic heterocycles. The smallest absolute Gasteiger partial charge is 0.116 e. The third kappa shape index (κ3) is 8.92. The molecule has 0 unspecified atom stereocenters. The third-order valence-corrected chi connectivity index (χ3v) is 5.10. The number of aliphatic hydroxyl groups is 2. The molecule has 0 saturated heterocycles. The van der Waals surface area contributed by atoms with Gasteiger partial charge in [-0.2, -0.15) is 0 Å². The average molecular weight is 449 g/mol. The van der Waals surface area contributed by atoms with Crippen LogP contribution in [-0.2, 0) is 34.0 Å². The van der Waals surface area contributed by atoms with Gasteiger partial charge in [-0.15, -0.1) is 0 Å². The molecule has 0 bridgehead atoms. The molecule has 0 aromatic heterocycles. The molecule has 0 fully saturated rings. The number of aliphatic hydroxyl groups excluding tert-OH is 2. The average Bonchev–Trinajstić information content (AvgIpc) is 2.87. The SMILES string of the molecule is OC/C=C/[C@@H](OCc1ccccc1)[C@H](OCc1ccccc1)[C@H](O)COCc1ccccc1. The molecule has 3 aromatic rings. The maximum Gasteiger partial charge on any atom is 0.116 e. The molecule has 0 aliphatic rings. The van der Waals surface area contributed by atoms with Gasteiger partial charge in [0.05, 0.1) is 33.0 Å². The predicted octanol–water partition coefficient (Wildman–Crippen LogP) is 4.28. The molecule has 0 amide bonds. The standard InChI is InChI=1S/C28H32O5/c29-18-10-17-27(32-20-24-13-6-2-7-14-24)28(33-21-25-15-8-3-9-16-25)26(30)22-31-19-23-11-4-1-5-12-23/h1-17,26-30H,18-22H2/b17-10+/t26-,27-,28-/m1/s1. The zero-order chi connectivity index (χ0) is 23.1. The Bertz CT molecular complexity index is 915. The Morgan fingerprint density at radius 3 is 1.67 bits per heavy atom. The fraction of sp³-hybridized carbons (Fsp3) is 0.286. The van der Waals surface area contributed by atoms with Crippen LogP contribution in [0.25, 0.3) is 0 Å². The van der Waals surface area contributed by atoms with Crippen molar-refractivity contribution in [1.82, 2.24) is 0 Å². The Labute approximate surface area is 195 Å². The van der Waals surface area contributed by atoms with Gasteiger partial charge in [-0.25, -0.2) is 0 Å². The summed E-state index contributed by atoms with van der Waals surface area (Å²) in [5, 5.41) is 20.3. The van der Waals surface area contributed by atoms with E-state index in [1.807, 2.05) is 91.0 Å². The molecular weight excluding hydrogens is 416 g/mol. The fourth-order valence-corrected chi connectivity index (χ4v) is 3.38. The molecule has 0 saturated carbocycles. The molecule has 174 valence electrons. The first-order valence-electron chi connectivity index (χ1n) is 11.1. The molecule has 0 spiro atoms. The highest BCUT2D eigenvalue weighted by Crippen LogP contribution is 2.17.